The molecule has 1 N–H and O–H groups in total. The highest BCUT2D eigenvalue weighted by molar-refractivity contribution is 5.95. The van der Waals surface area contributed by atoms with Crippen molar-refractivity contribution in [1.29, 1.82) is 0 Å². The van der Waals surface area contributed by atoms with Gasteiger partial charge in [0.1, 0.15) is 5.71 Å². The molecule has 2 aromatic carbocycles. The molecule has 1 atom stereocenters. The number of amides is 1. The van der Waals surface area contributed by atoms with Crippen LogP contribution in [0.3, 0.4) is 0 Å². The summed E-state index contributed by atoms with van der Waals surface area (Å²) in [5, 5.41) is 15.1. The molecule has 0 saturated carbocycles. The second-order valence-electron chi connectivity index (χ2n) is 6.46. The molecule has 1 aliphatic heterocycles. The lowest BCUT2D eigenvalue weighted by atomic mass is 9.95. The minimum Gasteiger partial charge on any atom is -0.365 e. The molecule has 0 radical (unpaired) electrons. The van der Waals surface area contributed by atoms with E-state index in [1.807, 2.05) is 6.92 Å². The van der Waals surface area contributed by atoms with Crippen molar-refractivity contribution in [2.24, 2.45) is 5.10 Å². The highest BCUT2D eigenvalue weighted by Crippen LogP contribution is 2.40. The van der Waals surface area contributed by atoms with Gasteiger partial charge in [0.25, 0.3) is 0 Å². The normalized spacial score (nSPS) is 19.9. The van der Waals surface area contributed by atoms with Gasteiger partial charge in [0.05, 0.1) is 12.8 Å². The average molecular weight is 376 g/mol. The zero-order valence-electron chi connectivity index (χ0n) is 14.7. The van der Waals surface area contributed by atoms with Gasteiger partial charge in [-0.1, -0.05) is 61.5 Å². The first-order chi connectivity index (χ1) is 12.7. The smallest absolute Gasteiger partial charge is 0.365 e. The minimum atomic E-state index is -4.72. The van der Waals surface area contributed by atoms with Crippen molar-refractivity contribution in [2.75, 3.05) is 0 Å². The number of carbonyl (C=O) groups is 1. The third kappa shape index (κ3) is 3.88. The summed E-state index contributed by atoms with van der Waals surface area (Å²) < 4.78 is 39.7. The first-order valence-electron chi connectivity index (χ1n) is 8.57. The van der Waals surface area contributed by atoms with E-state index in [0.29, 0.717) is 10.6 Å². The molecule has 0 bridgehead atoms. The maximum atomic E-state index is 13.2. The number of rotatable bonds is 4. The lowest BCUT2D eigenvalue weighted by Crippen LogP contribution is -2.44. The Labute approximate surface area is 154 Å². The summed E-state index contributed by atoms with van der Waals surface area (Å²) in [5.41, 5.74) is -1.54. The Bertz CT molecular complexity index is 848. The van der Waals surface area contributed by atoms with Crippen molar-refractivity contribution in [2.45, 2.75) is 38.1 Å². The average Bonchev–Trinajstić information content (AvgIpc) is 3.02. The largest absolute Gasteiger partial charge is 0.431 e. The number of aliphatic hydroxyl groups is 1. The number of hydrogen-bond acceptors (Lipinski definition) is 3. The molecular weight excluding hydrogens is 357 g/mol. The van der Waals surface area contributed by atoms with Gasteiger partial charge in [-0.15, -0.1) is 0 Å². The van der Waals surface area contributed by atoms with Crippen LogP contribution in [-0.4, -0.2) is 27.9 Å². The Morgan fingerprint density at radius 1 is 1.11 bits per heavy atom. The Hall–Kier alpha value is -2.67. The van der Waals surface area contributed by atoms with Gasteiger partial charge in [-0.3, -0.25) is 4.79 Å². The monoisotopic (exact) mass is 376 g/mol. The van der Waals surface area contributed by atoms with E-state index in [1.54, 1.807) is 42.5 Å². The molecule has 142 valence electrons. The van der Waals surface area contributed by atoms with Gasteiger partial charge >= 0.3 is 6.18 Å². The Morgan fingerprint density at radius 2 is 1.74 bits per heavy atom. The summed E-state index contributed by atoms with van der Waals surface area (Å²) in [6.45, 7) is 1.94. The molecule has 0 aromatic heterocycles. The maximum absolute atomic E-state index is 13.2. The minimum absolute atomic E-state index is 0.162. The van der Waals surface area contributed by atoms with E-state index < -0.39 is 29.9 Å². The molecule has 1 aliphatic rings. The van der Waals surface area contributed by atoms with E-state index in [9.17, 15) is 23.1 Å². The van der Waals surface area contributed by atoms with Crippen LogP contribution in [0.5, 0.6) is 0 Å². The van der Waals surface area contributed by atoms with Crippen molar-refractivity contribution in [1.82, 2.24) is 5.01 Å². The number of benzene rings is 2. The molecule has 1 heterocycles. The molecule has 4 nitrogen and oxygen atoms in total. The van der Waals surface area contributed by atoms with Gasteiger partial charge in [0.2, 0.25) is 5.91 Å². The predicted octanol–water partition coefficient (Wildman–Crippen LogP) is 3.79. The standard InChI is InChI=1S/C20H19F3N2O2/c1-2-14-8-10-16(11-9-14)19(27)13-17(20(21,22)23)24-25(19)18(26)12-15-6-4-3-5-7-15/h3-11,27H,2,12-13H2,1H3/t19-/m1/s1. The Morgan fingerprint density at radius 3 is 2.30 bits per heavy atom. The van der Waals surface area contributed by atoms with Crippen LogP contribution in [0.25, 0.3) is 0 Å². The number of alkyl halides is 3. The van der Waals surface area contributed by atoms with Crippen LogP contribution in [0.2, 0.25) is 0 Å². The predicted molar refractivity (Wildman–Crippen MR) is 94.8 cm³/mol. The van der Waals surface area contributed by atoms with E-state index in [1.165, 1.54) is 12.1 Å². The van der Waals surface area contributed by atoms with Crippen LogP contribution in [0.1, 0.15) is 30.0 Å². The molecule has 0 spiro atoms. The quantitative estimate of drug-likeness (QED) is 0.883. The zero-order chi connectivity index (χ0) is 19.7. The molecule has 0 saturated heterocycles. The lowest BCUT2D eigenvalue weighted by molar-refractivity contribution is -0.157. The second kappa shape index (κ2) is 7.15. The number of hydrogen-bond donors (Lipinski definition) is 1. The fourth-order valence-corrected chi connectivity index (χ4v) is 3.04. The Balaban J connectivity index is 1.96. The van der Waals surface area contributed by atoms with Crippen molar-refractivity contribution in [3.8, 4) is 0 Å². The number of aryl methyl sites for hydroxylation is 1. The van der Waals surface area contributed by atoms with Crippen molar-refractivity contribution in [3.05, 3.63) is 71.3 Å². The topological polar surface area (TPSA) is 52.9 Å². The van der Waals surface area contributed by atoms with Crippen LogP contribution < -0.4 is 0 Å². The fraction of sp³-hybridized carbons (Fsp3) is 0.300. The third-order valence-corrected chi connectivity index (χ3v) is 4.57. The summed E-state index contributed by atoms with van der Waals surface area (Å²) in [5.74, 6) is -0.706. The number of halogens is 3. The van der Waals surface area contributed by atoms with E-state index in [0.717, 1.165) is 12.0 Å². The number of carbonyl (C=O) groups excluding carboxylic acids is 1. The maximum Gasteiger partial charge on any atom is 0.431 e. The molecule has 3 rings (SSSR count). The van der Waals surface area contributed by atoms with Crippen LogP contribution in [0.15, 0.2) is 59.7 Å². The highest BCUT2D eigenvalue weighted by Gasteiger charge is 2.52. The van der Waals surface area contributed by atoms with E-state index in [-0.39, 0.29) is 12.0 Å². The molecule has 0 fully saturated rings. The van der Waals surface area contributed by atoms with Crippen LogP contribution in [0.4, 0.5) is 13.2 Å². The molecule has 7 heteroatoms. The summed E-state index contributed by atoms with van der Waals surface area (Å²) in [6.07, 6.45) is -4.94. The zero-order valence-corrected chi connectivity index (χ0v) is 14.7. The fourth-order valence-electron chi connectivity index (χ4n) is 3.04. The van der Waals surface area contributed by atoms with Crippen molar-refractivity contribution < 1.29 is 23.1 Å². The van der Waals surface area contributed by atoms with Gasteiger partial charge in [0, 0.05) is 5.56 Å². The number of hydrazone groups is 1. The van der Waals surface area contributed by atoms with Gasteiger partial charge in [-0.2, -0.15) is 23.3 Å². The van der Waals surface area contributed by atoms with Crippen LogP contribution >= 0.6 is 0 Å². The van der Waals surface area contributed by atoms with Crippen molar-refractivity contribution >= 4 is 11.6 Å². The van der Waals surface area contributed by atoms with E-state index in [4.69, 9.17) is 0 Å². The summed E-state index contributed by atoms with van der Waals surface area (Å²) in [6, 6.07) is 15.1. The first-order valence-corrected chi connectivity index (χ1v) is 8.57. The number of nitrogens with zero attached hydrogens (tertiary/aromatic N) is 2. The summed E-state index contributed by atoms with van der Waals surface area (Å²) in [4.78, 5) is 12.7. The van der Waals surface area contributed by atoms with Crippen LogP contribution in [-0.2, 0) is 23.4 Å². The SMILES string of the molecule is CCc1ccc([C@]2(O)CC(C(F)(F)F)=NN2C(=O)Cc2ccccc2)cc1. The molecule has 2 aromatic rings. The third-order valence-electron chi connectivity index (χ3n) is 4.57. The molecule has 0 unspecified atom stereocenters. The van der Waals surface area contributed by atoms with Gasteiger partial charge in [-0.25, -0.2) is 0 Å². The highest BCUT2D eigenvalue weighted by atomic mass is 19.4. The molecular formula is C20H19F3N2O2. The van der Waals surface area contributed by atoms with Gasteiger partial charge in [0.15, 0.2) is 5.72 Å². The lowest BCUT2D eigenvalue weighted by Gasteiger charge is -2.31. The van der Waals surface area contributed by atoms with Crippen LogP contribution in [0, 0.1) is 0 Å². The molecule has 1 amide bonds. The first kappa shape index (κ1) is 19.1. The van der Waals surface area contributed by atoms with Gasteiger partial charge in [-0.05, 0) is 17.5 Å². The second-order valence-corrected chi connectivity index (χ2v) is 6.46. The molecule has 0 aliphatic carbocycles. The molecule has 27 heavy (non-hydrogen) atoms. The van der Waals surface area contributed by atoms with Crippen molar-refractivity contribution in [3.63, 3.8) is 0 Å². The van der Waals surface area contributed by atoms with Gasteiger partial charge < -0.3 is 5.11 Å². The van der Waals surface area contributed by atoms with E-state index >= 15 is 0 Å². The van der Waals surface area contributed by atoms with E-state index in [2.05, 4.69) is 5.10 Å². The summed E-state index contributed by atoms with van der Waals surface area (Å²) in [7, 11) is 0. The summed E-state index contributed by atoms with van der Waals surface area (Å²) >= 11 is 0. The Kier molecular flexibility index (Phi) is 5.06.